The first kappa shape index (κ1) is 20.2. The van der Waals surface area contributed by atoms with E-state index >= 15 is 0 Å². The van der Waals surface area contributed by atoms with Crippen LogP contribution in [0.25, 0.3) is 0 Å². The van der Waals surface area contributed by atoms with Gasteiger partial charge in [0, 0.05) is 11.6 Å². The zero-order valence-electron chi connectivity index (χ0n) is 17.2. The van der Waals surface area contributed by atoms with Crippen LogP contribution in [0, 0.1) is 5.92 Å². The van der Waals surface area contributed by atoms with Crippen molar-refractivity contribution in [2.24, 2.45) is 5.92 Å². The van der Waals surface area contributed by atoms with Crippen LogP contribution in [-0.2, 0) is 16.1 Å². The molecule has 0 spiro atoms. The van der Waals surface area contributed by atoms with Gasteiger partial charge < -0.3 is 14.8 Å². The zero-order valence-corrected chi connectivity index (χ0v) is 17.2. The van der Waals surface area contributed by atoms with Crippen molar-refractivity contribution < 1.29 is 19.1 Å². The van der Waals surface area contributed by atoms with Crippen LogP contribution >= 0.6 is 0 Å². The van der Waals surface area contributed by atoms with Crippen molar-refractivity contribution in [1.82, 2.24) is 10.2 Å². The van der Waals surface area contributed by atoms with Crippen LogP contribution in [0.2, 0.25) is 0 Å². The molecule has 0 aromatic heterocycles. The van der Waals surface area contributed by atoms with Gasteiger partial charge in [-0.25, -0.2) is 9.59 Å². The minimum Gasteiger partial charge on any atom is -0.444 e. The Morgan fingerprint density at radius 1 is 1.25 bits per heavy atom. The minimum absolute atomic E-state index is 0.0676. The van der Waals surface area contributed by atoms with E-state index in [0.29, 0.717) is 6.54 Å². The molecule has 2 aliphatic rings. The smallest absolute Gasteiger partial charge is 0.414 e. The number of amides is 2. The third-order valence-electron chi connectivity index (χ3n) is 5.19. The van der Waals surface area contributed by atoms with Crippen molar-refractivity contribution in [3.63, 3.8) is 0 Å². The first-order valence-corrected chi connectivity index (χ1v) is 9.87. The Bertz CT molecular complexity index is 754. The second-order valence-electron chi connectivity index (χ2n) is 8.78. The number of rotatable bonds is 3. The number of benzene rings is 1. The molecule has 6 nitrogen and oxygen atoms in total. The van der Waals surface area contributed by atoms with Crippen LogP contribution < -0.4 is 5.32 Å². The molecule has 1 N–H and O–H groups in total. The second kappa shape index (κ2) is 7.86. The molecular weight excluding hydrogens is 356 g/mol. The van der Waals surface area contributed by atoms with E-state index in [2.05, 4.69) is 11.4 Å². The van der Waals surface area contributed by atoms with E-state index in [1.54, 1.807) is 4.90 Å². The van der Waals surface area contributed by atoms with Crippen LogP contribution in [0.4, 0.5) is 9.59 Å². The van der Waals surface area contributed by atoms with Gasteiger partial charge in [0.2, 0.25) is 0 Å². The summed E-state index contributed by atoms with van der Waals surface area (Å²) in [6, 6.07) is 9.61. The number of ether oxygens (including phenoxy) is 2. The fraction of sp³-hybridized carbons (Fsp3) is 0.545. The van der Waals surface area contributed by atoms with E-state index in [1.165, 1.54) is 0 Å². The summed E-state index contributed by atoms with van der Waals surface area (Å²) in [5.41, 5.74) is 0.737. The molecule has 1 fully saturated rings. The predicted octanol–water partition coefficient (Wildman–Crippen LogP) is 4.61. The molecule has 1 aromatic carbocycles. The van der Waals surface area contributed by atoms with Gasteiger partial charge in [-0.05, 0) is 52.5 Å². The molecule has 1 saturated heterocycles. The molecule has 0 bridgehead atoms. The Labute approximate surface area is 166 Å². The second-order valence-corrected chi connectivity index (χ2v) is 8.78. The normalized spacial score (nSPS) is 24.2. The molecule has 2 unspecified atom stereocenters. The first-order valence-electron chi connectivity index (χ1n) is 9.87. The van der Waals surface area contributed by atoms with Gasteiger partial charge in [0.1, 0.15) is 12.2 Å². The maximum atomic E-state index is 12.8. The number of likely N-dealkylation sites (tertiary alicyclic amines) is 1. The monoisotopic (exact) mass is 386 g/mol. The predicted molar refractivity (Wildman–Crippen MR) is 107 cm³/mol. The average Bonchev–Trinajstić information content (AvgIpc) is 2.92. The number of allylic oxidation sites excluding steroid dienone is 1. The third kappa shape index (κ3) is 4.66. The maximum Gasteiger partial charge on any atom is 0.414 e. The number of hydrogen-bond donors (Lipinski definition) is 1. The van der Waals surface area contributed by atoms with Gasteiger partial charge in [0.15, 0.2) is 0 Å². The molecule has 1 aliphatic carbocycles. The summed E-state index contributed by atoms with van der Waals surface area (Å²) < 4.78 is 11.0. The molecule has 2 atom stereocenters. The molecule has 1 aliphatic heterocycles. The highest BCUT2D eigenvalue weighted by atomic mass is 16.6. The summed E-state index contributed by atoms with van der Waals surface area (Å²) >= 11 is 0. The number of carbonyl (C=O) groups excluding carboxylic acids is 2. The fourth-order valence-electron chi connectivity index (χ4n) is 3.97. The number of fused-ring (bicyclic) bond motifs is 1. The molecule has 1 aromatic rings. The van der Waals surface area contributed by atoms with Gasteiger partial charge in [-0.2, -0.15) is 0 Å². The van der Waals surface area contributed by atoms with Crippen LogP contribution in [0.1, 0.15) is 52.5 Å². The van der Waals surface area contributed by atoms with Crippen molar-refractivity contribution in [2.45, 2.75) is 64.7 Å². The van der Waals surface area contributed by atoms with Crippen LogP contribution in [0.3, 0.4) is 0 Å². The van der Waals surface area contributed by atoms with E-state index < -0.39 is 17.2 Å². The number of alkyl carbamates (subject to hydrolysis) is 1. The lowest BCUT2D eigenvalue weighted by Gasteiger charge is -2.33. The highest BCUT2D eigenvalue weighted by molar-refractivity contribution is 5.73. The van der Waals surface area contributed by atoms with Gasteiger partial charge >= 0.3 is 12.2 Å². The van der Waals surface area contributed by atoms with Crippen LogP contribution in [0.5, 0.6) is 0 Å². The molecule has 152 valence electrons. The summed E-state index contributed by atoms with van der Waals surface area (Å²) in [5, 5.41) is 3.02. The molecule has 3 rings (SSSR count). The van der Waals surface area contributed by atoms with E-state index in [-0.39, 0.29) is 18.6 Å². The number of nitrogens with zero attached hydrogens (tertiary/aromatic N) is 1. The van der Waals surface area contributed by atoms with Crippen LogP contribution in [0.15, 0.2) is 42.1 Å². The van der Waals surface area contributed by atoms with Gasteiger partial charge in [-0.15, -0.1) is 0 Å². The Morgan fingerprint density at radius 2 is 1.96 bits per heavy atom. The fourth-order valence-corrected chi connectivity index (χ4v) is 3.97. The summed E-state index contributed by atoms with van der Waals surface area (Å²) in [4.78, 5) is 26.9. The summed E-state index contributed by atoms with van der Waals surface area (Å²) in [6.45, 7) is 8.08. The van der Waals surface area contributed by atoms with Gasteiger partial charge in [0.05, 0.1) is 12.1 Å². The van der Waals surface area contributed by atoms with E-state index in [0.717, 1.165) is 30.5 Å². The summed E-state index contributed by atoms with van der Waals surface area (Å²) in [5.74, 6) is 0.0676. The molecule has 0 saturated carbocycles. The Balaban J connectivity index is 1.71. The lowest BCUT2D eigenvalue weighted by molar-refractivity contribution is 0.0439. The quantitative estimate of drug-likeness (QED) is 0.824. The molecule has 28 heavy (non-hydrogen) atoms. The number of carbonyl (C=O) groups is 2. The SMILES string of the molecule is CC(C)(C)OC(=O)NC1(C)CN(C(=O)OCc2ccccc2)C2=CCCCC21. The average molecular weight is 386 g/mol. The van der Waals surface area contributed by atoms with Gasteiger partial charge in [-0.1, -0.05) is 36.4 Å². The van der Waals surface area contributed by atoms with Crippen molar-refractivity contribution in [2.75, 3.05) is 6.54 Å². The van der Waals surface area contributed by atoms with Crippen molar-refractivity contribution in [3.05, 3.63) is 47.7 Å². The molecule has 1 heterocycles. The molecular formula is C22H30N2O4. The van der Waals surface area contributed by atoms with Crippen molar-refractivity contribution in [3.8, 4) is 0 Å². The largest absolute Gasteiger partial charge is 0.444 e. The Hall–Kier alpha value is -2.50. The first-order chi connectivity index (χ1) is 13.2. The van der Waals surface area contributed by atoms with E-state index in [1.807, 2.05) is 58.0 Å². The zero-order chi connectivity index (χ0) is 20.4. The molecule has 6 heteroatoms. The van der Waals surface area contributed by atoms with E-state index in [9.17, 15) is 9.59 Å². The lowest BCUT2D eigenvalue weighted by Crippen LogP contribution is -2.53. The molecule has 0 radical (unpaired) electrons. The maximum absolute atomic E-state index is 12.8. The minimum atomic E-state index is -0.583. The highest BCUT2D eigenvalue weighted by Gasteiger charge is 2.50. The third-order valence-corrected chi connectivity index (χ3v) is 5.19. The van der Waals surface area contributed by atoms with Crippen LogP contribution in [-0.4, -0.2) is 34.8 Å². The van der Waals surface area contributed by atoms with Crippen molar-refractivity contribution >= 4 is 12.2 Å². The summed E-state index contributed by atoms with van der Waals surface area (Å²) in [6.07, 6.45) is 4.14. The van der Waals surface area contributed by atoms with Gasteiger partial charge in [-0.3, -0.25) is 4.90 Å². The van der Waals surface area contributed by atoms with Gasteiger partial charge in [0.25, 0.3) is 0 Å². The topological polar surface area (TPSA) is 67.9 Å². The lowest BCUT2D eigenvalue weighted by atomic mass is 9.80. The Kier molecular flexibility index (Phi) is 5.68. The number of nitrogens with one attached hydrogen (secondary N) is 1. The van der Waals surface area contributed by atoms with E-state index in [4.69, 9.17) is 9.47 Å². The highest BCUT2D eigenvalue weighted by Crippen LogP contribution is 2.42. The van der Waals surface area contributed by atoms with Crippen molar-refractivity contribution in [1.29, 1.82) is 0 Å². The summed E-state index contributed by atoms with van der Waals surface area (Å²) in [7, 11) is 0. The number of hydrogen-bond acceptors (Lipinski definition) is 4. The molecule has 2 amide bonds. The Morgan fingerprint density at radius 3 is 2.64 bits per heavy atom. The standard InChI is InChI=1S/C22H30N2O4/c1-21(2,3)28-19(25)23-22(4)15-24(18-13-9-8-12-17(18)22)20(26)27-14-16-10-6-5-7-11-16/h5-7,10-11,13,17H,8-9,12,14-15H2,1-4H3,(H,23,25).